The lowest BCUT2D eigenvalue weighted by atomic mass is 10.2. The van der Waals surface area contributed by atoms with Gasteiger partial charge in [-0.2, -0.15) is 5.10 Å². The molecule has 1 aromatic heterocycles. The van der Waals surface area contributed by atoms with Gasteiger partial charge < -0.3 is 5.11 Å². The molecular weight excluding hydrogens is 356 g/mol. The first-order valence-electron chi connectivity index (χ1n) is 7.66. The van der Waals surface area contributed by atoms with Crippen LogP contribution in [0.1, 0.15) is 21.6 Å². The molecule has 7 nitrogen and oxygen atoms in total. The molecule has 8 heteroatoms. The van der Waals surface area contributed by atoms with E-state index in [2.05, 4.69) is 15.6 Å². The predicted molar refractivity (Wildman–Crippen MR) is 99.3 cm³/mol. The largest absolute Gasteiger partial charge is 0.507 e. The van der Waals surface area contributed by atoms with Crippen LogP contribution >= 0.6 is 11.6 Å². The van der Waals surface area contributed by atoms with Crippen molar-refractivity contribution in [2.45, 2.75) is 6.92 Å². The topological polar surface area (TPSA) is 99.5 Å². The zero-order valence-electron chi connectivity index (χ0n) is 13.7. The number of aromatic hydroxyl groups is 1. The molecule has 1 heterocycles. The van der Waals surface area contributed by atoms with E-state index in [9.17, 15) is 14.7 Å². The highest BCUT2D eigenvalue weighted by Crippen LogP contribution is 2.21. The summed E-state index contributed by atoms with van der Waals surface area (Å²) in [5, 5.41) is 16.8. The Morgan fingerprint density at radius 2 is 2.00 bits per heavy atom. The summed E-state index contributed by atoms with van der Waals surface area (Å²) in [5.74, 6) is -0.857. The van der Waals surface area contributed by atoms with Gasteiger partial charge in [-0.25, -0.2) is 10.1 Å². The van der Waals surface area contributed by atoms with Gasteiger partial charge in [0.1, 0.15) is 5.75 Å². The highest BCUT2D eigenvalue weighted by Gasteiger charge is 2.12. The molecule has 132 valence electrons. The van der Waals surface area contributed by atoms with Gasteiger partial charge in [-0.1, -0.05) is 29.8 Å². The van der Waals surface area contributed by atoms with E-state index in [1.165, 1.54) is 29.1 Å². The number of carbonyl (C=O) groups is 1. The molecule has 0 atom stereocenters. The Hall–Kier alpha value is -3.32. The fourth-order valence-corrected chi connectivity index (χ4v) is 2.55. The third-order valence-electron chi connectivity index (χ3n) is 3.69. The van der Waals surface area contributed by atoms with Crippen molar-refractivity contribution in [3.8, 4) is 11.4 Å². The molecule has 2 aromatic carbocycles. The molecule has 0 unspecified atom stereocenters. The number of nitrogens with one attached hydrogen (secondary N) is 2. The van der Waals surface area contributed by atoms with E-state index in [-0.39, 0.29) is 16.9 Å². The summed E-state index contributed by atoms with van der Waals surface area (Å²) in [6.07, 6.45) is 1.26. The van der Waals surface area contributed by atoms with E-state index in [0.29, 0.717) is 22.0 Å². The van der Waals surface area contributed by atoms with Gasteiger partial charge in [-0.3, -0.25) is 14.7 Å². The van der Waals surface area contributed by atoms with Gasteiger partial charge in [-0.05, 0) is 37.3 Å². The second kappa shape index (κ2) is 7.28. The molecule has 26 heavy (non-hydrogen) atoms. The standard InChI is InChI=1S/C18H15ClN4O3/c1-11-15(18(26)23(22-11)13-5-3-2-4-6-13)10-20-21-17(25)14-9-12(19)7-8-16(14)24/h2-10,22,24H,1H3,(H,21,25). The van der Waals surface area contributed by atoms with Crippen molar-refractivity contribution < 1.29 is 9.90 Å². The Bertz CT molecular complexity index is 1040. The molecular formula is C18H15ClN4O3. The Morgan fingerprint density at radius 3 is 2.73 bits per heavy atom. The molecule has 0 spiro atoms. The smallest absolute Gasteiger partial charge is 0.280 e. The third kappa shape index (κ3) is 3.52. The first-order valence-corrected chi connectivity index (χ1v) is 8.04. The number of hydrogen-bond acceptors (Lipinski definition) is 4. The van der Waals surface area contributed by atoms with Gasteiger partial charge >= 0.3 is 0 Å². The van der Waals surface area contributed by atoms with Crippen LogP contribution in [-0.2, 0) is 0 Å². The van der Waals surface area contributed by atoms with E-state index in [0.717, 1.165) is 0 Å². The van der Waals surface area contributed by atoms with Crippen molar-refractivity contribution in [3.63, 3.8) is 0 Å². The van der Waals surface area contributed by atoms with Crippen LogP contribution in [0.15, 0.2) is 58.4 Å². The number of benzene rings is 2. The summed E-state index contributed by atoms with van der Waals surface area (Å²) < 4.78 is 1.39. The molecule has 0 saturated heterocycles. The Morgan fingerprint density at radius 1 is 1.27 bits per heavy atom. The number of carbonyl (C=O) groups excluding carboxylic acids is 1. The first kappa shape index (κ1) is 17.5. The van der Waals surface area contributed by atoms with E-state index in [1.807, 2.05) is 18.2 Å². The second-order valence-corrected chi connectivity index (χ2v) is 5.92. The summed E-state index contributed by atoms with van der Waals surface area (Å²) >= 11 is 5.82. The first-order chi connectivity index (χ1) is 12.5. The lowest BCUT2D eigenvalue weighted by Gasteiger charge is -2.03. The molecule has 0 aliphatic heterocycles. The summed E-state index contributed by atoms with van der Waals surface area (Å²) in [6, 6.07) is 13.2. The number of amides is 1. The van der Waals surface area contributed by atoms with Crippen molar-refractivity contribution >= 4 is 23.7 Å². The fraction of sp³-hybridized carbons (Fsp3) is 0.0556. The van der Waals surface area contributed by atoms with Crippen LogP contribution < -0.4 is 11.0 Å². The van der Waals surface area contributed by atoms with Crippen molar-refractivity contribution in [2.24, 2.45) is 5.10 Å². The van der Waals surface area contributed by atoms with Crippen LogP contribution in [0.5, 0.6) is 5.75 Å². The van der Waals surface area contributed by atoms with Crippen LogP contribution in [0.2, 0.25) is 5.02 Å². The Balaban J connectivity index is 1.81. The Labute approximate surface area is 153 Å². The van der Waals surface area contributed by atoms with Crippen LogP contribution in [0.25, 0.3) is 5.69 Å². The molecule has 3 N–H and O–H groups in total. The zero-order chi connectivity index (χ0) is 18.7. The zero-order valence-corrected chi connectivity index (χ0v) is 14.5. The second-order valence-electron chi connectivity index (χ2n) is 5.49. The van der Waals surface area contributed by atoms with E-state index in [1.54, 1.807) is 19.1 Å². The van der Waals surface area contributed by atoms with Gasteiger partial charge in [0.2, 0.25) is 0 Å². The van der Waals surface area contributed by atoms with Crippen molar-refractivity contribution in [2.75, 3.05) is 0 Å². The lowest BCUT2D eigenvalue weighted by Crippen LogP contribution is -2.20. The number of phenolic OH excluding ortho intramolecular Hbond substituents is 1. The number of phenols is 1. The molecule has 0 bridgehead atoms. The summed E-state index contributed by atoms with van der Waals surface area (Å²) in [6.45, 7) is 1.73. The molecule has 3 rings (SSSR count). The minimum Gasteiger partial charge on any atom is -0.507 e. The minimum absolute atomic E-state index is 0.0119. The fourth-order valence-electron chi connectivity index (χ4n) is 2.38. The molecule has 0 radical (unpaired) electrons. The number of H-pyrrole nitrogens is 1. The number of halogens is 1. The Kier molecular flexibility index (Phi) is 4.90. The van der Waals surface area contributed by atoms with E-state index in [4.69, 9.17) is 11.6 Å². The predicted octanol–water partition coefficient (Wildman–Crippen LogP) is 2.60. The van der Waals surface area contributed by atoms with Crippen LogP contribution in [0.3, 0.4) is 0 Å². The quantitative estimate of drug-likeness (QED) is 0.486. The minimum atomic E-state index is -0.641. The number of rotatable bonds is 4. The van der Waals surface area contributed by atoms with Crippen molar-refractivity contribution in [1.82, 2.24) is 15.2 Å². The van der Waals surface area contributed by atoms with Gasteiger partial charge in [0.25, 0.3) is 11.5 Å². The van der Waals surface area contributed by atoms with E-state index >= 15 is 0 Å². The monoisotopic (exact) mass is 370 g/mol. The van der Waals surface area contributed by atoms with Crippen molar-refractivity contribution in [1.29, 1.82) is 0 Å². The molecule has 0 aliphatic rings. The maximum Gasteiger partial charge on any atom is 0.280 e. The molecule has 0 saturated carbocycles. The summed E-state index contributed by atoms with van der Waals surface area (Å²) in [4.78, 5) is 24.6. The number of hydrogen-bond donors (Lipinski definition) is 3. The van der Waals surface area contributed by atoms with Gasteiger partial charge in [-0.15, -0.1) is 0 Å². The van der Waals surface area contributed by atoms with Gasteiger partial charge in [0, 0.05) is 10.7 Å². The highest BCUT2D eigenvalue weighted by molar-refractivity contribution is 6.31. The number of aromatic nitrogens is 2. The average Bonchev–Trinajstić information content (AvgIpc) is 2.92. The van der Waals surface area contributed by atoms with Gasteiger partial charge in [0.15, 0.2) is 0 Å². The van der Waals surface area contributed by atoms with E-state index < -0.39 is 5.91 Å². The molecule has 0 aliphatic carbocycles. The lowest BCUT2D eigenvalue weighted by molar-refractivity contribution is 0.0952. The van der Waals surface area contributed by atoms with Crippen LogP contribution in [0, 0.1) is 6.92 Å². The number of para-hydroxylation sites is 1. The van der Waals surface area contributed by atoms with Gasteiger partial charge in [0.05, 0.1) is 23.0 Å². The third-order valence-corrected chi connectivity index (χ3v) is 3.93. The number of aryl methyl sites for hydroxylation is 1. The summed E-state index contributed by atoms with van der Waals surface area (Å²) in [5.41, 5.74) is 3.56. The maximum atomic E-state index is 12.5. The highest BCUT2D eigenvalue weighted by atomic mass is 35.5. The average molecular weight is 371 g/mol. The number of aromatic amines is 1. The summed E-state index contributed by atoms with van der Waals surface area (Å²) in [7, 11) is 0. The van der Waals surface area contributed by atoms with Crippen LogP contribution in [0.4, 0.5) is 0 Å². The number of hydrazone groups is 1. The molecule has 1 amide bonds. The normalized spacial score (nSPS) is 11.0. The molecule has 3 aromatic rings. The maximum absolute atomic E-state index is 12.5. The van der Waals surface area contributed by atoms with Crippen molar-refractivity contribution in [3.05, 3.63) is 80.7 Å². The SMILES string of the molecule is Cc1[nH]n(-c2ccccc2)c(=O)c1C=NNC(=O)c1cc(Cl)ccc1O. The number of nitrogens with zero attached hydrogens (tertiary/aromatic N) is 2. The molecule has 0 fully saturated rings. The van der Waals surface area contributed by atoms with Crippen LogP contribution in [-0.4, -0.2) is 27.0 Å².